The van der Waals surface area contributed by atoms with Crippen molar-refractivity contribution in [1.29, 1.82) is 5.26 Å². The molecule has 0 fully saturated rings. The summed E-state index contributed by atoms with van der Waals surface area (Å²) in [6, 6.07) is 7.31. The average molecular weight is 296 g/mol. The number of nitriles is 1. The molecular weight excluding hydrogens is 280 g/mol. The second kappa shape index (κ2) is 6.50. The molecule has 1 atom stereocenters. The summed E-state index contributed by atoms with van der Waals surface area (Å²) in [6.07, 6.45) is 0.102. The van der Waals surface area contributed by atoms with Crippen LogP contribution < -0.4 is 0 Å². The number of rotatable bonds is 6. The van der Waals surface area contributed by atoms with Crippen LogP contribution in [-0.2, 0) is 15.8 Å². The predicted molar refractivity (Wildman–Crippen MR) is 73.5 cm³/mol. The van der Waals surface area contributed by atoms with Crippen molar-refractivity contribution in [2.75, 3.05) is 7.05 Å². The predicted octanol–water partition coefficient (Wildman–Crippen LogP) is 1.45. The summed E-state index contributed by atoms with van der Waals surface area (Å²) in [7, 11) is -2.17. The summed E-state index contributed by atoms with van der Waals surface area (Å²) in [5.41, 5.74) is 0.450. The Morgan fingerprint density at radius 3 is 2.70 bits per heavy atom. The number of aromatic carboxylic acids is 1. The molecule has 6 nitrogen and oxygen atoms in total. The van der Waals surface area contributed by atoms with Crippen molar-refractivity contribution in [1.82, 2.24) is 4.31 Å². The molecule has 0 aliphatic rings. The van der Waals surface area contributed by atoms with E-state index in [-0.39, 0.29) is 17.7 Å². The molecule has 1 aromatic carbocycles. The van der Waals surface area contributed by atoms with Crippen molar-refractivity contribution < 1.29 is 18.3 Å². The number of nitrogens with zero attached hydrogens (tertiary/aromatic N) is 2. The van der Waals surface area contributed by atoms with Gasteiger partial charge in [-0.1, -0.05) is 12.1 Å². The molecular formula is C13H16N2O4S. The fourth-order valence-corrected chi connectivity index (χ4v) is 3.07. The Bertz CT molecular complexity index is 634. The van der Waals surface area contributed by atoms with Gasteiger partial charge in [-0.3, -0.25) is 0 Å². The van der Waals surface area contributed by atoms with E-state index in [1.807, 2.05) is 6.07 Å². The third-order valence-corrected chi connectivity index (χ3v) is 4.90. The van der Waals surface area contributed by atoms with Gasteiger partial charge in [0.25, 0.3) is 0 Å². The molecule has 0 saturated heterocycles. The van der Waals surface area contributed by atoms with Crippen LogP contribution in [0.5, 0.6) is 0 Å². The van der Waals surface area contributed by atoms with Gasteiger partial charge in [-0.2, -0.15) is 5.26 Å². The molecule has 0 aliphatic carbocycles. The van der Waals surface area contributed by atoms with Gasteiger partial charge in [-0.15, -0.1) is 0 Å². The molecule has 20 heavy (non-hydrogen) atoms. The van der Waals surface area contributed by atoms with Crippen molar-refractivity contribution >= 4 is 16.0 Å². The van der Waals surface area contributed by atoms with E-state index in [9.17, 15) is 13.2 Å². The fourth-order valence-electron chi connectivity index (χ4n) is 1.64. The summed E-state index contributed by atoms with van der Waals surface area (Å²) < 4.78 is 25.5. The molecule has 7 heteroatoms. The number of hydrogen-bond donors (Lipinski definition) is 1. The van der Waals surface area contributed by atoms with Gasteiger partial charge >= 0.3 is 5.97 Å². The second-order valence-corrected chi connectivity index (χ2v) is 6.52. The van der Waals surface area contributed by atoms with Crippen LogP contribution in [0.1, 0.15) is 29.3 Å². The first-order valence-electron chi connectivity index (χ1n) is 5.93. The van der Waals surface area contributed by atoms with Gasteiger partial charge in [0.05, 0.1) is 23.8 Å². The lowest BCUT2D eigenvalue weighted by Gasteiger charge is -2.22. The van der Waals surface area contributed by atoms with E-state index >= 15 is 0 Å². The summed E-state index contributed by atoms with van der Waals surface area (Å²) in [4.78, 5) is 10.9. The largest absolute Gasteiger partial charge is 0.478 e. The number of carbonyl (C=O) groups is 1. The Hall–Kier alpha value is -1.91. The van der Waals surface area contributed by atoms with E-state index in [1.54, 1.807) is 13.0 Å². The zero-order chi connectivity index (χ0) is 15.3. The Morgan fingerprint density at radius 1 is 1.50 bits per heavy atom. The van der Waals surface area contributed by atoms with E-state index < -0.39 is 22.0 Å². The minimum atomic E-state index is -3.59. The lowest BCUT2D eigenvalue weighted by atomic mass is 10.1. The average Bonchev–Trinajstić information content (AvgIpc) is 2.37. The summed E-state index contributed by atoms with van der Waals surface area (Å²) in [5.74, 6) is -1.39. The molecule has 1 N–H and O–H groups in total. The SMILES string of the molecule is CC(CC#N)N(C)S(=O)(=O)Cc1cccc(C(=O)O)c1. The number of hydrogen-bond acceptors (Lipinski definition) is 4. The van der Waals surface area contributed by atoms with Gasteiger partial charge in [0.15, 0.2) is 0 Å². The quantitative estimate of drug-likeness (QED) is 0.856. The van der Waals surface area contributed by atoms with E-state index in [1.165, 1.54) is 25.2 Å². The van der Waals surface area contributed by atoms with Crippen LogP contribution in [0.3, 0.4) is 0 Å². The number of sulfonamides is 1. The minimum Gasteiger partial charge on any atom is -0.478 e. The van der Waals surface area contributed by atoms with E-state index in [0.717, 1.165) is 4.31 Å². The van der Waals surface area contributed by atoms with Crippen LogP contribution in [0.15, 0.2) is 24.3 Å². The van der Waals surface area contributed by atoms with Crippen LogP contribution in [0.25, 0.3) is 0 Å². The number of carboxylic acid groups (broad SMARTS) is 1. The molecule has 0 radical (unpaired) electrons. The van der Waals surface area contributed by atoms with Gasteiger partial charge in [-0.05, 0) is 24.6 Å². The highest BCUT2D eigenvalue weighted by molar-refractivity contribution is 7.88. The maximum atomic E-state index is 12.2. The summed E-state index contributed by atoms with van der Waals surface area (Å²) >= 11 is 0. The van der Waals surface area contributed by atoms with Crippen LogP contribution in [0.2, 0.25) is 0 Å². The molecule has 0 amide bonds. The highest BCUT2D eigenvalue weighted by atomic mass is 32.2. The zero-order valence-electron chi connectivity index (χ0n) is 11.3. The number of carboxylic acids is 1. The molecule has 1 rings (SSSR count). The Kier molecular flexibility index (Phi) is 5.25. The van der Waals surface area contributed by atoms with E-state index in [4.69, 9.17) is 10.4 Å². The Balaban J connectivity index is 2.94. The Morgan fingerprint density at radius 2 is 2.15 bits per heavy atom. The van der Waals surface area contributed by atoms with Crippen molar-refractivity contribution in [3.8, 4) is 6.07 Å². The van der Waals surface area contributed by atoms with Crippen LogP contribution in [0, 0.1) is 11.3 Å². The standard InChI is InChI=1S/C13H16N2O4S/c1-10(6-7-14)15(2)20(18,19)9-11-4-3-5-12(8-11)13(16)17/h3-5,8,10H,6,9H2,1-2H3,(H,16,17). The molecule has 0 aromatic heterocycles. The zero-order valence-corrected chi connectivity index (χ0v) is 12.1. The summed E-state index contributed by atoms with van der Waals surface area (Å²) in [6.45, 7) is 1.65. The lowest BCUT2D eigenvalue weighted by molar-refractivity contribution is 0.0696. The van der Waals surface area contributed by atoms with Gasteiger partial charge in [0, 0.05) is 13.1 Å². The van der Waals surface area contributed by atoms with Crippen molar-refractivity contribution in [2.24, 2.45) is 0 Å². The first-order valence-corrected chi connectivity index (χ1v) is 7.53. The first-order chi connectivity index (χ1) is 9.27. The minimum absolute atomic E-state index is 0.0467. The molecule has 0 spiro atoms. The highest BCUT2D eigenvalue weighted by Gasteiger charge is 2.23. The van der Waals surface area contributed by atoms with Crippen molar-refractivity contribution in [2.45, 2.75) is 25.1 Å². The van der Waals surface area contributed by atoms with E-state index in [2.05, 4.69) is 0 Å². The first kappa shape index (κ1) is 16.1. The van der Waals surface area contributed by atoms with Crippen LogP contribution >= 0.6 is 0 Å². The van der Waals surface area contributed by atoms with Gasteiger partial charge in [-0.25, -0.2) is 17.5 Å². The van der Waals surface area contributed by atoms with Crippen molar-refractivity contribution in [3.63, 3.8) is 0 Å². The normalized spacial score (nSPS) is 12.9. The molecule has 0 saturated carbocycles. The number of benzene rings is 1. The maximum absolute atomic E-state index is 12.2. The maximum Gasteiger partial charge on any atom is 0.335 e. The molecule has 1 aromatic rings. The Labute approximate surface area is 118 Å². The van der Waals surface area contributed by atoms with Crippen molar-refractivity contribution in [3.05, 3.63) is 35.4 Å². The summed E-state index contributed by atoms with van der Waals surface area (Å²) in [5, 5.41) is 17.5. The molecule has 0 heterocycles. The molecule has 0 aliphatic heterocycles. The van der Waals surface area contributed by atoms with Gasteiger partial charge in [0.1, 0.15) is 0 Å². The smallest absolute Gasteiger partial charge is 0.335 e. The molecule has 108 valence electrons. The second-order valence-electron chi connectivity index (χ2n) is 4.49. The molecule has 0 bridgehead atoms. The van der Waals surface area contributed by atoms with Gasteiger partial charge in [0.2, 0.25) is 10.0 Å². The highest BCUT2D eigenvalue weighted by Crippen LogP contribution is 2.15. The van der Waals surface area contributed by atoms with Gasteiger partial charge < -0.3 is 5.11 Å². The molecule has 1 unspecified atom stereocenters. The fraction of sp³-hybridized carbons (Fsp3) is 0.385. The lowest BCUT2D eigenvalue weighted by Crippen LogP contribution is -2.35. The van der Waals surface area contributed by atoms with E-state index in [0.29, 0.717) is 5.56 Å². The monoisotopic (exact) mass is 296 g/mol. The third-order valence-electron chi connectivity index (χ3n) is 2.97. The van der Waals surface area contributed by atoms with Crippen LogP contribution in [0.4, 0.5) is 0 Å². The topological polar surface area (TPSA) is 98.5 Å². The third kappa shape index (κ3) is 4.05. The van der Waals surface area contributed by atoms with Crippen LogP contribution in [-0.4, -0.2) is 36.9 Å².